The van der Waals surface area contributed by atoms with E-state index in [2.05, 4.69) is 12.2 Å². The molecule has 1 saturated heterocycles. The number of likely N-dealkylation sites (tertiary alicyclic amines) is 1. The van der Waals surface area contributed by atoms with E-state index in [-0.39, 0.29) is 18.9 Å². The van der Waals surface area contributed by atoms with Gasteiger partial charge >= 0.3 is 12.0 Å². The molecule has 7 nitrogen and oxygen atoms in total. The number of carboxylic acid groups (broad SMARTS) is 1. The van der Waals surface area contributed by atoms with Crippen LogP contribution in [0.1, 0.15) is 39.0 Å². The van der Waals surface area contributed by atoms with Gasteiger partial charge in [-0.25, -0.2) is 9.59 Å². The highest BCUT2D eigenvalue weighted by Crippen LogP contribution is 2.19. The second kappa shape index (κ2) is 7.72. The summed E-state index contributed by atoms with van der Waals surface area (Å²) < 4.78 is 0. The van der Waals surface area contributed by atoms with Gasteiger partial charge in [-0.05, 0) is 25.2 Å². The molecule has 1 fully saturated rings. The number of nitrogens with zero attached hydrogens (tertiary/aromatic N) is 1. The molecule has 1 atom stereocenters. The smallest absolute Gasteiger partial charge is 0.326 e. The Labute approximate surface area is 118 Å². The van der Waals surface area contributed by atoms with Crippen molar-refractivity contribution in [3.8, 4) is 0 Å². The Morgan fingerprint density at radius 1 is 1.35 bits per heavy atom. The largest absolute Gasteiger partial charge is 0.480 e. The fraction of sp³-hybridized carbons (Fsp3) is 0.769. The first-order valence-corrected chi connectivity index (χ1v) is 7.00. The van der Waals surface area contributed by atoms with Crippen LogP contribution in [0.2, 0.25) is 0 Å². The number of aliphatic carboxylic acids is 1. The molecule has 1 heterocycles. The Bertz CT molecular complexity index is 365. The van der Waals surface area contributed by atoms with Gasteiger partial charge in [-0.1, -0.05) is 13.3 Å². The molecule has 0 spiro atoms. The number of carboxylic acids is 1. The van der Waals surface area contributed by atoms with E-state index in [4.69, 9.17) is 10.8 Å². The predicted octanol–water partition coefficient (Wildman–Crippen LogP) is 0.537. The van der Waals surface area contributed by atoms with E-state index in [1.54, 1.807) is 4.90 Å². The standard InChI is InChI=1S/C13H23N3O4/c1-2-9-5-7-16(8-6-9)13(20)15-10(12(18)19)3-4-11(14)17/h9-10H,2-8H2,1H3,(H2,14,17)(H,15,20)(H,18,19)/t10-/m1/s1. The molecule has 0 aliphatic carbocycles. The second-order valence-corrected chi connectivity index (χ2v) is 5.18. The van der Waals surface area contributed by atoms with E-state index >= 15 is 0 Å². The fourth-order valence-corrected chi connectivity index (χ4v) is 2.33. The van der Waals surface area contributed by atoms with Crippen LogP contribution in [0.4, 0.5) is 4.79 Å². The van der Waals surface area contributed by atoms with E-state index in [0.717, 1.165) is 19.3 Å². The zero-order chi connectivity index (χ0) is 15.1. The monoisotopic (exact) mass is 285 g/mol. The molecular weight excluding hydrogens is 262 g/mol. The number of nitrogens with two attached hydrogens (primary N) is 1. The molecule has 7 heteroatoms. The average Bonchev–Trinajstić information content (AvgIpc) is 2.42. The summed E-state index contributed by atoms with van der Waals surface area (Å²) in [5.74, 6) is -1.08. The van der Waals surface area contributed by atoms with Crippen molar-refractivity contribution < 1.29 is 19.5 Å². The van der Waals surface area contributed by atoms with Crippen molar-refractivity contribution in [2.75, 3.05) is 13.1 Å². The highest BCUT2D eigenvalue weighted by Gasteiger charge is 2.26. The lowest BCUT2D eigenvalue weighted by molar-refractivity contribution is -0.139. The summed E-state index contributed by atoms with van der Waals surface area (Å²) in [7, 11) is 0. The molecule has 20 heavy (non-hydrogen) atoms. The summed E-state index contributed by atoms with van der Waals surface area (Å²) in [4.78, 5) is 35.4. The van der Waals surface area contributed by atoms with Crippen LogP contribution in [0.3, 0.4) is 0 Å². The van der Waals surface area contributed by atoms with Gasteiger partial charge in [0.15, 0.2) is 0 Å². The Hall–Kier alpha value is -1.79. The number of nitrogens with one attached hydrogen (secondary N) is 1. The predicted molar refractivity (Wildman–Crippen MR) is 73.0 cm³/mol. The highest BCUT2D eigenvalue weighted by molar-refractivity contribution is 5.83. The Balaban J connectivity index is 2.45. The third-order valence-corrected chi connectivity index (χ3v) is 3.75. The maximum atomic E-state index is 12.0. The number of amides is 3. The van der Waals surface area contributed by atoms with Gasteiger partial charge in [0.25, 0.3) is 0 Å². The van der Waals surface area contributed by atoms with E-state index in [9.17, 15) is 14.4 Å². The van der Waals surface area contributed by atoms with Gasteiger partial charge < -0.3 is 21.1 Å². The average molecular weight is 285 g/mol. The van der Waals surface area contributed by atoms with Crippen LogP contribution in [0.25, 0.3) is 0 Å². The Morgan fingerprint density at radius 3 is 2.40 bits per heavy atom. The number of hydrogen-bond donors (Lipinski definition) is 3. The van der Waals surface area contributed by atoms with Crippen LogP contribution in [-0.4, -0.2) is 47.0 Å². The maximum Gasteiger partial charge on any atom is 0.326 e. The summed E-state index contributed by atoms with van der Waals surface area (Å²) >= 11 is 0. The summed E-state index contributed by atoms with van der Waals surface area (Å²) in [5.41, 5.74) is 4.99. The summed E-state index contributed by atoms with van der Waals surface area (Å²) in [5, 5.41) is 11.5. The summed E-state index contributed by atoms with van der Waals surface area (Å²) in [6.07, 6.45) is 2.95. The molecule has 0 unspecified atom stereocenters. The molecule has 0 bridgehead atoms. The zero-order valence-electron chi connectivity index (χ0n) is 11.8. The van der Waals surface area contributed by atoms with Crippen LogP contribution in [0.15, 0.2) is 0 Å². The van der Waals surface area contributed by atoms with Crippen molar-refractivity contribution in [2.45, 2.75) is 45.1 Å². The highest BCUT2D eigenvalue weighted by atomic mass is 16.4. The van der Waals surface area contributed by atoms with Gasteiger partial charge in [-0.2, -0.15) is 0 Å². The van der Waals surface area contributed by atoms with Crippen LogP contribution < -0.4 is 11.1 Å². The first kappa shape index (κ1) is 16.3. The minimum atomic E-state index is -1.15. The van der Waals surface area contributed by atoms with E-state index in [0.29, 0.717) is 19.0 Å². The van der Waals surface area contributed by atoms with Gasteiger partial charge in [-0.3, -0.25) is 4.79 Å². The number of urea groups is 1. The number of rotatable bonds is 6. The number of carbonyl (C=O) groups is 3. The molecule has 1 rings (SSSR count). The molecule has 0 aromatic rings. The van der Waals surface area contributed by atoms with Crippen molar-refractivity contribution in [1.82, 2.24) is 10.2 Å². The SMILES string of the molecule is CCC1CCN(C(=O)N[C@H](CCC(N)=O)C(=O)O)CC1. The van der Waals surface area contributed by atoms with Crippen LogP contribution >= 0.6 is 0 Å². The zero-order valence-corrected chi connectivity index (χ0v) is 11.8. The number of primary amides is 1. The van der Waals surface area contributed by atoms with Gasteiger partial charge in [0, 0.05) is 19.5 Å². The van der Waals surface area contributed by atoms with Crippen molar-refractivity contribution in [2.24, 2.45) is 11.7 Å². The molecule has 0 radical (unpaired) electrons. The van der Waals surface area contributed by atoms with Gasteiger partial charge in [0.05, 0.1) is 0 Å². The maximum absolute atomic E-state index is 12.0. The van der Waals surface area contributed by atoms with Gasteiger partial charge in [0.2, 0.25) is 5.91 Å². The van der Waals surface area contributed by atoms with Crippen molar-refractivity contribution in [3.63, 3.8) is 0 Å². The molecule has 3 amide bonds. The lowest BCUT2D eigenvalue weighted by Gasteiger charge is -2.32. The molecule has 0 saturated carbocycles. The lowest BCUT2D eigenvalue weighted by Crippen LogP contribution is -2.50. The summed E-state index contributed by atoms with van der Waals surface area (Å²) in [6, 6.07) is -1.45. The normalized spacial score (nSPS) is 17.6. The third kappa shape index (κ3) is 5.07. The van der Waals surface area contributed by atoms with Crippen molar-refractivity contribution in [1.29, 1.82) is 0 Å². The third-order valence-electron chi connectivity index (χ3n) is 3.75. The van der Waals surface area contributed by atoms with E-state index < -0.39 is 17.9 Å². The van der Waals surface area contributed by atoms with E-state index in [1.807, 2.05) is 0 Å². The lowest BCUT2D eigenvalue weighted by atomic mass is 9.95. The van der Waals surface area contributed by atoms with E-state index in [1.165, 1.54) is 0 Å². The topological polar surface area (TPSA) is 113 Å². The quantitative estimate of drug-likeness (QED) is 0.661. The Morgan fingerprint density at radius 2 is 1.95 bits per heavy atom. The fourth-order valence-electron chi connectivity index (χ4n) is 2.33. The molecule has 0 aromatic heterocycles. The summed E-state index contributed by atoms with van der Waals surface area (Å²) in [6.45, 7) is 3.42. The molecular formula is C13H23N3O4. The van der Waals surface area contributed by atoms with Gasteiger partial charge in [0.1, 0.15) is 6.04 Å². The molecule has 0 aromatic carbocycles. The number of hydrogen-bond acceptors (Lipinski definition) is 3. The first-order valence-electron chi connectivity index (χ1n) is 7.00. The molecule has 1 aliphatic rings. The first-order chi connectivity index (χ1) is 9.43. The van der Waals surface area contributed by atoms with Crippen LogP contribution in [-0.2, 0) is 9.59 Å². The van der Waals surface area contributed by atoms with Crippen molar-refractivity contribution >= 4 is 17.9 Å². The van der Waals surface area contributed by atoms with Gasteiger partial charge in [-0.15, -0.1) is 0 Å². The van der Waals surface area contributed by atoms with Crippen molar-refractivity contribution in [3.05, 3.63) is 0 Å². The number of piperidine rings is 1. The Kier molecular flexibility index (Phi) is 6.27. The second-order valence-electron chi connectivity index (χ2n) is 5.18. The molecule has 4 N–H and O–H groups in total. The van der Waals surface area contributed by atoms with Crippen LogP contribution in [0, 0.1) is 5.92 Å². The molecule has 114 valence electrons. The molecule has 1 aliphatic heterocycles. The minimum absolute atomic E-state index is 0.0157. The minimum Gasteiger partial charge on any atom is -0.480 e. The number of carbonyl (C=O) groups excluding carboxylic acids is 2. The van der Waals surface area contributed by atoms with Crippen LogP contribution in [0.5, 0.6) is 0 Å².